The molecule has 10 heteroatoms. The lowest BCUT2D eigenvalue weighted by molar-refractivity contribution is -0.136. The van der Waals surface area contributed by atoms with Crippen LogP contribution >= 0.6 is 0 Å². The van der Waals surface area contributed by atoms with Gasteiger partial charge in [-0.05, 0) is 91.2 Å². The number of amides is 3. The number of nitrogens with zero attached hydrogens (tertiary/aromatic N) is 5. The highest BCUT2D eigenvalue weighted by atomic mass is 16.2. The fraction of sp³-hybridized carbons (Fsp3) is 0.371. The van der Waals surface area contributed by atoms with E-state index in [0.717, 1.165) is 49.3 Å². The van der Waals surface area contributed by atoms with Crippen LogP contribution in [0.25, 0.3) is 16.6 Å². The van der Waals surface area contributed by atoms with Gasteiger partial charge in [0, 0.05) is 30.8 Å². The molecule has 1 unspecified atom stereocenters. The first-order valence-corrected chi connectivity index (χ1v) is 15.7. The maximum atomic E-state index is 13.5. The van der Waals surface area contributed by atoms with Crippen LogP contribution in [0.1, 0.15) is 84.1 Å². The molecule has 2 aromatic carbocycles. The van der Waals surface area contributed by atoms with E-state index < -0.39 is 6.04 Å². The van der Waals surface area contributed by atoms with Crippen LogP contribution in [0.15, 0.2) is 65.8 Å². The van der Waals surface area contributed by atoms with Gasteiger partial charge in [0.2, 0.25) is 11.8 Å². The van der Waals surface area contributed by atoms with Crippen molar-refractivity contribution < 1.29 is 14.4 Å². The van der Waals surface area contributed by atoms with Crippen molar-refractivity contribution in [1.82, 2.24) is 29.7 Å². The number of piperidine rings is 2. The number of aromatic nitrogens is 3. The molecule has 4 aromatic rings. The van der Waals surface area contributed by atoms with E-state index in [1.54, 1.807) is 22.0 Å². The minimum Gasteiger partial charge on any atom is -0.322 e. The number of hydrogen-bond donors (Lipinski definition) is 1. The first kappa shape index (κ1) is 29.0. The van der Waals surface area contributed by atoms with Gasteiger partial charge in [-0.15, -0.1) is 0 Å². The Morgan fingerprint density at radius 2 is 1.76 bits per heavy atom. The van der Waals surface area contributed by atoms with E-state index in [-0.39, 0.29) is 29.7 Å². The largest absolute Gasteiger partial charge is 0.322 e. The number of rotatable bonds is 6. The third-order valence-electron chi connectivity index (χ3n) is 9.48. The van der Waals surface area contributed by atoms with Crippen molar-refractivity contribution in [3.05, 3.63) is 99.4 Å². The Hall–Kier alpha value is -4.70. The second-order valence-electron chi connectivity index (χ2n) is 12.7. The third-order valence-corrected chi connectivity index (χ3v) is 9.48. The molecule has 3 amide bonds. The van der Waals surface area contributed by atoms with Crippen molar-refractivity contribution in [3.8, 4) is 5.69 Å². The van der Waals surface area contributed by atoms with E-state index in [0.29, 0.717) is 47.0 Å². The average molecular weight is 605 g/mol. The van der Waals surface area contributed by atoms with E-state index in [1.807, 2.05) is 30.3 Å². The zero-order valence-corrected chi connectivity index (χ0v) is 25.5. The van der Waals surface area contributed by atoms with Crippen LogP contribution < -0.4 is 10.9 Å². The second kappa shape index (κ2) is 11.7. The number of likely N-dealkylation sites (tertiary alicyclic amines) is 1. The molecule has 1 N–H and O–H groups in total. The van der Waals surface area contributed by atoms with Gasteiger partial charge in [-0.3, -0.25) is 38.9 Å². The van der Waals surface area contributed by atoms with Gasteiger partial charge in [0.1, 0.15) is 12.4 Å². The van der Waals surface area contributed by atoms with E-state index in [4.69, 9.17) is 0 Å². The Labute approximate surface area is 261 Å². The minimum absolute atomic E-state index is 0.106. The molecule has 2 saturated heterocycles. The van der Waals surface area contributed by atoms with Crippen molar-refractivity contribution in [2.45, 2.75) is 70.5 Å². The fourth-order valence-electron chi connectivity index (χ4n) is 6.86. The Bertz CT molecular complexity index is 1870. The predicted octanol–water partition coefficient (Wildman–Crippen LogP) is 4.04. The first-order chi connectivity index (χ1) is 21.7. The maximum absolute atomic E-state index is 13.5. The summed E-state index contributed by atoms with van der Waals surface area (Å²) >= 11 is 0. The molecule has 0 spiro atoms. The molecule has 3 aliphatic rings. The molecule has 10 nitrogen and oxygen atoms in total. The van der Waals surface area contributed by atoms with E-state index in [2.05, 4.69) is 52.2 Å². The van der Waals surface area contributed by atoms with Crippen LogP contribution in [-0.4, -0.2) is 61.2 Å². The van der Waals surface area contributed by atoms with Gasteiger partial charge in [0.25, 0.3) is 11.5 Å². The summed E-state index contributed by atoms with van der Waals surface area (Å²) < 4.78 is 1.56. The Balaban J connectivity index is 1.01. The minimum atomic E-state index is -0.601. The molecular formula is C35H36N6O4. The van der Waals surface area contributed by atoms with Gasteiger partial charge in [0.05, 0.1) is 22.8 Å². The van der Waals surface area contributed by atoms with E-state index in [9.17, 15) is 19.2 Å². The number of fused-ring (bicyclic) bond motifs is 2. The lowest BCUT2D eigenvalue weighted by atomic mass is 9.87. The summed E-state index contributed by atoms with van der Waals surface area (Å²) in [6, 6.07) is 15.3. The van der Waals surface area contributed by atoms with Crippen LogP contribution in [0, 0.1) is 0 Å². The van der Waals surface area contributed by atoms with Crippen molar-refractivity contribution >= 4 is 28.6 Å². The SMILES string of the molecule is CC(C)c1ccc(-n2cnc3ccc(CN4CCC(c5ccc6c(c5)CN(C5CCC(=O)NC5=O)C6=O)CC4)cc3c2=O)cn1. The third kappa shape index (κ3) is 5.55. The van der Waals surface area contributed by atoms with Crippen LogP contribution in [-0.2, 0) is 22.7 Å². The number of pyridine rings is 1. The summed E-state index contributed by atoms with van der Waals surface area (Å²) in [5.74, 6) is -0.109. The van der Waals surface area contributed by atoms with Gasteiger partial charge in [-0.25, -0.2) is 4.98 Å². The molecule has 7 rings (SSSR count). The summed E-state index contributed by atoms with van der Waals surface area (Å²) in [6.45, 7) is 7.17. The molecule has 0 bridgehead atoms. The number of hydrogen-bond acceptors (Lipinski definition) is 7. The lowest BCUT2D eigenvalue weighted by Gasteiger charge is -2.32. The molecule has 0 aliphatic carbocycles. The van der Waals surface area contributed by atoms with Gasteiger partial charge < -0.3 is 4.90 Å². The number of nitrogens with one attached hydrogen (secondary N) is 1. The van der Waals surface area contributed by atoms with Crippen molar-refractivity contribution in [2.24, 2.45) is 0 Å². The Morgan fingerprint density at radius 3 is 2.49 bits per heavy atom. The molecule has 5 heterocycles. The molecule has 45 heavy (non-hydrogen) atoms. The predicted molar refractivity (Wildman–Crippen MR) is 169 cm³/mol. The average Bonchev–Trinajstić information content (AvgIpc) is 3.37. The molecule has 0 saturated carbocycles. The smallest absolute Gasteiger partial charge is 0.265 e. The molecule has 1 atom stereocenters. The zero-order valence-electron chi connectivity index (χ0n) is 25.5. The van der Waals surface area contributed by atoms with Crippen LogP contribution in [0.2, 0.25) is 0 Å². The first-order valence-electron chi connectivity index (χ1n) is 15.7. The highest BCUT2D eigenvalue weighted by Gasteiger charge is 2.39. The summed E-state index contributed by atoms with van der Waals surface area (Å²) in [7, 11) is 0. The van der Waals surface area contributed by atoms with Gasteiger partial charge >= 0.3 is 0 Å². The van der Waals surface area contributed by atoms with Crippen molar-refractivity contribution in [2.75, 3.05) is 13.1 Å². The monoisotopic (exact) mass is 604 g/mol. The number of carbonyl (C=O) groups excluding carboxylic acids is 3. The van der Waals surface area contributed by atoms with E-state index in [1.165, 1.54) is 5.56 Å². The summed E-state index contributed by atoms with van der Waals surface area (Å²) in [6.07, 6.45) is 5.90. The Kier molecular flexibility index (Phi) is 7.53. The van der Waals surface area contributed by atoms with Crippen LogP contribution in [0.3, 0.4) is 0 Å². The number of benzene rings is 2. The number of carbonyl (C=O) groups is 3. The normalized spacial score (nSPS) is 19.4. The Morgan fingerprint density at radius 1 is 0.933 bits per heavy atom. The van der Waals surface area contributed by atoms with E-state index >= 15 is 0 Å². The molecule has 2 aromatic heterocycles. The highest BCUT2D eigenvalue weighted by molar-refractivity contribution is 6.05. The highest BCUT2D eigenvalue weighted by Crippen LogP contribution is 2.34. The molecular weight excluding hydrogens is 568 g/mol. The topological polar surface area (TPSA) is 117 Å². The zero-order chi connectivity index (χ0) is 31.2. The standard InChI is InChI=1S/C35H36N6O4/c1-21(2)29-8-5-26(17-36-29)41-20-37-30-7-3-22(15-28(30)35(41)45)18-39-13-11-23(12-14-39)24-4-6-27-25(16-24)19-40(34(27)44)31-9-10-32(42)38-33(31)43/h3-8,15-17,20-21,23,31H,9-14,18-19H2,1-2H3,(H,38,42,43). The lowest BCUT2D eigenvalue weighted by Crippen LogP contribution is -2.52. The fourth-order valence-corrected chi connectivity index (χ4v) is 6.86. The van der Waals surface area contributed by atoms with Crippen LogP contribution in [0.4, 0.5) is 0 Å². The van der Waals surface area contributed by atoms with Gasteiger partial charge in [0.15, 0.2) is 0 Å². The molecule has 2 fully saturated rings. The van der Waals surface area contributed by atoms with Crippen LogP contribution in [0.5, 0.6) is 0 Å². The molecule has 3 aliphatic heterocycles. The summed E-state index contributed by atoms with van der Waals surface area (Å²) in [4.78, 5) is 63.6. The van der Waals surface area contributed by atoms with Crippen molar-refractivity contribution in [1.29, 1.82) is 0 Å². The van der Waals surface area contributed by atoms with Gasteiger partial charge in [-0.1, -0.05) is 32.0 Å². The number of imide groups is 1. The quantitative estimate of drug-likeness (QED) is 0.330. The van der Waals surface area contributed by atoms with Crippen molar-refractivity contribution in [3.63, 3.8) is 0 Å². The second-order valence-corrected chi connectivity index (χ2v) is 12.7. The summed E-state index contributed by atoms with van der Waals surface area (Å²) in [5.41, 5.74) is 6.15. The summed E-state index contributed by atoms with van der Waals surface area (Å²) in [5, 5.41) is 2.96. The molecule has 230 valence electrons. The van der Waals surface area contributed by atoms with Gasteiger partial charge in [-0.2, -0.15) is 0 Å². The maximum Gasteiger partial charge on any atom is 0.265 e. The molecule has 0 radical (unpaired) electrons.